The minimum absolute atomic E-state index is 0.331. The van der Waals surface area contributed by atoms with Gasteiger partial charge in [-0.25, -0.2) is 8.78 Å². The van der Waals surface area contributed by atoms with Crippen LogP contribution in [-0.2, 0) is 6.42 Å². The maximum absolute atomic E-state index is 13.0. The lowest BCUT2D eigenvalue weighted by Gasteiger charge is -2.26. The third kappa shape index (κ3) is 1.57. The van der Waals surface area contributed by atoms with E-state index in [9.17, 15) is 8.78 Å². The van der Waals surface area contributed by atoms with E-state index >= 15 is 0 Å². The van der Waals surface area contributed by atoms with E-state index in [1.807, 2.05) is 0 Å². The number of alkyl halides is 2. The number of rotatable bonds is 0. The van der Waals surface area contributed by atoms with Crippen LogP contribution < -0.4 is 4.74 Å². The van der Waals surface area contributed by atoms with Crippen LogP contribution in [-0.4, -0.2) is 12.5 Å². The van der Waals surface area contributed by atoms with Crippen LogP contribution >= 0.6 is 11.6 Å². The highest BCUT2D eigenvalue weighted by Crippen LogP contribution is 2.38. The third-order valence-electron chi connectivity index (χ3n) is 2.27. The smallest absolute Gasteiger partial charge is 0.285 e. The molecule has 1 aliphatic rings. The molecule has 0 spiro atoms. The van der Waals surface area contributed by atoms with Crippen molar-refractivity contribution in [3.05, 3.63) is 28.3 Å². The van der Waals surface area contributed by atoms with Crippen LogP contribution in [0.2, 0.25) is 5.02 Å². The molecule has 0 saturated heterocycles. The average molecular weight is 219 g/mol. The molecule has 0 aromatic heterocycles. The van der Waals surface area contributed by atoms with Crippen LogP contribution in [0.5, 0.6) is 5.75 Å². The summed E-state index contributed by atoms with van der Waals surface area (Å²) in [6.45, 7) is 1.23. The van der Waals surface area contributed by atoms with Gasteiger partial charge in [-0.3, -0.25) is 0 Å². The van der Waals surface area contributed by atoms with E-state index in [2.05, 4.69) is 0 Å². The van der Waals surface area contributed by atoms with E-state index in [1.165, 1.54) is 0 Å². The fraction of sp³-hybridized carbons (Fsp3) is 0.400. The van der Waals surface area contributed by atoms with Crippen LogP contribution in [0, 0.1) is 6.92 Å². The summed E-state index contributed by atoms with van der Waals surface area (Å²) in [4.78, 5) is 0. The van der Waals surface area contributed by atoms with E-state index in [4.69, 9.17) is 16.3 Å². The first-order valence-electron chi connectivity index (χ1n) is 4.28. The lowest BCUT2D eigenvalue weighted by Crippen LogP contribution is -2.32. The van der Waals surface area contributed by atoms with Crippen LogP contribution in [0.4, 0.5) is 8.78 Å². The maximum Gasteiger partial charge on any atom is 0.285 e. The summed E-state index contributed by atoms with van der Waals surface area (Å²) >= 11 is 5.93. The van der Waals surface area contributed by atoms with Crippen molar-refractivity contribution < 1.29 is 13.5 Å². The Morgan fingerprint density at radius 2 is 2.14 bits per heavy atom. The Kier molecular flexibility index (Phi) is 2.14. The van der Waals surface area contributed by atoms with Gasteiger partial charge in [0.25, 0.3) is 5.92 Å². The van der Waals surface area contributed by atoms with Crippen molar-refractivity contribution in [2.24, 2.45) is 0 Å². The van der Waals surface area contributed by atoms with Gasteiger partial charge in [-0.05, 0) is 18.6 Å². The Labute approximate surface area is 85.6 Å². The first-order valence-corrected chi connectivity index (χ1v) is 4.66. The van der Waals surface area contributed by atoms with E-state index in [0.717, 1.165) is 5.56 Å². The highest BCUT2D eigenvalue weighted by Gasteiger charge is 2.36. The largest absolute Gasteiger partial charge is 0.487 e. The highest BCUT2D eigenvalue weighted by atomic mass is 35.5. The quantitative estimate of drug-likeness (QED) is 0.650. The molecule has 0 fully saturated rings. The molecule has 1 heterocycles. The molecule has 4 heteroatoms. The van der Waals surface area contributed by atoms with Gasteiger partial charge in [0, 0.05) is 12.0 Å². The number of benzene rings is 1. The second-order valence-corrected chi connectivity index (χ2v) is 3.87. The van der Waals surface area contributed by atoms with Gasteiger partial charge in [-0.1, -0.05) is 17.7 Å². The molecule has 1 aromatic carbocycles. The molecule has 2 rings (SSSR count). The van der Waals surface area contributed by atoms with Crippen molar-refractivity contribution in [3.63, 3.8) is 0 Å². The summed E-state index contributed by atoms with van der Waals surface area (Å²) < 4.78 is 31.0. The fourth-order valence-electron chi connectivity index (χ4n) is 1.51. The molecule has 0 saturated carbocycles. The molecule has 0 bridgehead atoms. The van der Waals surface area contributed by atoms with Crippen LogP contribution in [0.1, 0.15) is 11.1 Å². The van der Waals surface area contributed by atoms with Crippen molar-refractivity contribution >= 4 is 11.6 Å². The van der Waals surface area contributed by atoms with E-state index in [0.29, 0.717) is 16.3 Å². The highest BCUT2D eigenvalue weighted by molar-refractivity contribution is 6.32. The lowest BCUT2D eigenvalue weighted by atomic mass is 10.0. The molecule has 1 aromatic rings. The summed E-state index contributed by atoms with van der Waals surface area (Å²) in [5, 5.41) is 0.391. The third-order valence-corrected chi connectivity index (χ3v) is 2.79. The SMILES string of the molecule is Cc1ccc2c(c1Cl)CC(F)(F)CO2. The second kappa shape index (κ2) is 3.09. The predicted molar refractivity (Wildman–Crippen MR) is 50.3 cm³/mol. The Hall–Kier alpha value is -0.830. The van der Waals surface area contributed by atoms with Crippen LogP contribution in [0.15, 0.2) is 12.1 Å². The van der Waals surface area contributed by atoms with E-state index < -0.39 is 12.5 Å². The summed E-state index contributed by atoms with van der Waals surface area (Å²) in [6.07, 6.45) is -0.331. The van der Waals surface area contributed by atoms with Crippen molar-refractivity contribution in [1.82, 2.24) is 0 Å². The molecule has 0 aliphatic carbocycles. The molecule has 76 valence electrons. The van der Waals surface area contributed by atoms with Crippen molar-refractivity contribution in [2.45, 2.75) is 19.3 Å². The van der Waals surface area contributed by atoms with Gasteiger partial charge >= 0.3 is 0 Å². The zero-order chi connectivity index (χ0) is 10.3. The molecule has 0 unspecified atom stereocenters. The Balaban J connectivity index is 2.49. The number of hydrogen-bond acceptors (Lipinski definition) is 1. The predicted octanol–water partition coefficient (Wildman–Crippen LogP) is 3.22. The summed E-state index contributed by atoms with van der Waals surface area (Å²) in [7, 11) is 0. The Morgan fingerprint density at radius 3 is 2.86 bits per heavy atom. The summed E-state index contributed by atoms with van der Waals surface area (Å²) in [5.74, 6) is -2.32. The molecule has 0 amide bonds. The zero-order valence-corrected chi connectivity index (χ0v) is 8.37. The molecular weight excluding hydrogens is 210 g/mol. The molecular formula is C10H9ClF2O. The molecule has 0 N–H and O–H groups in total. The van der Waals surface area contributed by atoms with Gasteiger partial charge in [0.05, 0.1) is 5.02 Å². The minimum Gasteiger partial charge on any atom is -0.487 e. The van der Waals surface area contributed by atoms with Gasteiger partial charge in [0.15, 0.2) is 6.61 Å². The lowest BCUT2D eigenvalue weighted by molar-refractivity contribution is -0.0514. The van der Waals surface area contributed by atoms with Gasteiger partial charge < -0.3 is 4.74 Å². The van der Waals surface area contributed by atoms with Crippen LogP contribution in [0.25, 0.3) is 0 Å². The second-order valence-electron chi connectivity index (χ2n) is 3.49. The monoisotopic (exact) mass is 218 g/mol. The Morgan fingerprint density at radius 1 is 1.43 bits per heavy atom. The van der Waals surface area contributed by atoms with Crippen LogP contribution in [0.3, 0.4) is 0 Å². The summed E-state index contributed by atoms with van der Waals surface area (Å²) in [6, 6.07) is 3.45. The summed E-state index contributed by atoms with van der Waals surface area (Å²) in [5.41, 5.74) is 1.22. The molecule has 1 aliphatic heterocycles. The number of aryl methyl sites for hydroxylation is 1. The zero-order valence-electron chi connectivity index (χ0n) is 7.61. The topological polar surface area (TPSA) is 9.23 Å². The van der Waals surface area contributed by atoms with Gasteiger partial charge in [0.2, 0.25) is 0 Å². The van der Waals surface area contributed by atoms with Gasteiger partial charge in [-0.2, -0.15) is 0 Å². The van der Waals surface area contributed by atoms with Gasteiger partial charge in [-0.15, -0.1) is 0 Å². The standard InChI is InChI=1S/C10H9ClF2O/c1-6-2-3-8-7(9(6)11)4-10(12,13)5-14-8/h2-3H,4-5H2,1H3. The molecule has 14 heavy (non-hydrogen) atoms. The van der Waals surface area contributed by atoms with Gasteiger partial charge in [0.1, 0.15) is 5.75 Å². The maximum atomic E-state index is 13.0. The minimum atomic E-state index is -2.80. The average Bonchev–Trinajstić information content (AvgIpc) is 2.11. The molecule has 0 radical (unpaired) electrons. The fourth-order valence-corrected chi connectivity index (χ4v) is 1.74. The van der Waals surface area contributed by atoms with Crippen molar-refractivity contribution in [2.75, 3.05) is 6.61 Å². The first kappa shape index (κ1) is 9.71. The van der Waals surface area contributed by atoms with E-state index in [1.54, 1.807) is 19.1 Å². The van der Waals surface area contributed by atoms with Crippen molar-refractivity contribution in [1.29, 1.82) is 0 Å². The Bertz CT molecular complexity index is 377. The number of ether oxygens (including phenoxy) is 1. The first-order chi connectivity index (χ1) is 6.49. The normalized spacial score (nSPS) is 18.6. The molecule has 0 atom stereocenters. The number of halogens is 3. The van der Waals surface area contributed by atoms with E-state index in [-0.39, 0.29) is 6.42 Å². The number of hydrogen-bond donors (Lipinski definition) is 0. The van der Waals surface area contributed by atoms with Crippen molar-refractivity contribution in [3.8, 4) is 5.75 Å². The molecule has 1 nitrogen and oxygen atoms in total. The number of fused-ring (bicyclic) bond motifs is 1.